The number of carbonyl (C=O) groups excluding carboxylic acids is 4. The van der Waals surface area contributed by atoms with Crippen molar-refractivity contribution >= 4 is 29.8 Å². The highest BCUT2D eigenvalue weighted by molar-refractivity contribution is 5.92. The Morgan fingerprint density at radius 2 is 1.82 bits per heavy atom. The van der Waals surface area contributed by atoms with Crippen LogP contribution in [-0.2, 0) is 35.3 Å². The topological polar surface area (TPSA) is 177 Å². The first-order valence-electron chi connectivity index (χ1n) is 12.6. The molecule has 1 heterocycles. The minimum absolute atomic E-state index is 0.0487. The van der Waals surface area contributed by atoms with E-state index >= 15 is 0 Å². The van der Waals surface area contributed by atoms with Crippen LogP contribution in [0.1, 0.15) is 58.4 Å². The van der Waals surface area contributed by atoms with Gasteiger partial charge in [-0.2, -0.15) is 0 Å². The number of carbonyl (C=O) groups is 5. The molecule has 1 fully saturated rings. The average Bonchev–Trinajstić information content (AvgIpc) is 3.35. The van der Waals surface area contributed by atoms with E-state index in [1.54, 1.807) is 32.9 Å². The van der Waals surface area contributed by atoms with Gasteiger partial charge in [-0.15, -0.1) is 0 Å². The Morgan fingerprint density at radius 1 is 1.13 bits per heavy atom. The summed E-state index contributed by atoms with van der Waals surface area (Å²) in [6.07, 6.45) is 0.663. The zero-order valence-corrected chi connectivity index (χ0v) is 22.1. The van der Waals surface area contributed by atoms with Crippen LogP contribution < -0.4 is 16.4 Å². The zero-order chi connectivity index (χ0) is 28.3. The van der Waals surface area contributed by atoms with E-state index in [1.165, 1.54) is 4.90 Å². The van der Waals surface area contributed by atoms with E-state index in [0.29, 0.717) is 19.4 Å². The Bertz CT molecular complexity index is 979. The number of nitrogens with one attached hydrogen (secondary N) is 2. The van der Waals surface area contributed by atoms with Gasteiger partial charge in [-0.1, -0.05) is 30.3 Å². The molecular weight excluding hydrogens is 496 g/mol. The van der Waals surface area contributed by atoms with Gasteiger partial charge in [-0.25, -0.2) is 9.59 Å². The number of ether oxygens (including phenoxy) is 2. The highest BCUT2D eigenvalue weighted by Crippen LogP contribution is 2.18. The SMILES string of the molecule is CC(C)(C)OC(=O)C(N)CCC[C@H](NC(=O)[C@@H]1CCCN1C(=O)CNC(=O)OCc1ccccc1)C(=O)O. The van der Waals surface area contributed by atoms with Crippen molar-refractivity contribution in [3.8, 4) is 0 Å². The molecule has 1 aliphatic rings. The van der Waals surface area contributed by atoms with E-state index < -0.39 is 53.6 Å². The molecule has 0 aromatic heterocycles. The van der Waals surface area contributed by atoms with Crippen molar-refractivity contribution in [1.82, 2.24) is 15.5 Å². The normalized spacial score (nSPS) is 16.7. The first-order valence-corrected chi connectivity index (χ1v) is 12.6. The summed E-state index contributed by atoms with van der Waals surface area (Å²) >= 11 is 0. The first kappa shape index (κ1) is 30.6. The molecule has 0 spiro atoms. The molecule has 38 heavy (non-hydrogen) atoms. The number of rotatable bonds is 12. The van der Waals surface area contributed by atoms with Crippen molar-refractivity contribution in [3.63, 3.8) is 0 Å². The van der Waals surface area contributed by atoms with Gasteiger partial charge < -0.3 is 35.8 Å². The van der Waals surface area contributed by atoms with Crippen LogP contribution in [0.3, 0.4) is 0 Å². The number of benzene rings is 1. The molecule has 0 bridgehead atoms. The fraction of sp³-hybridized carbons (Fsp3) is 0.577. The van der Waals surface area contributed by atoms with Crippen molar-refractivity contribution in [2.75, 3.05) is 13.1 Å². The summed E-state index contributed by atoms with van der Waals surface area (Å²) < 4.78 is 10.3. The number of hydrogen-bond donors (Lipinski definition) is 4. The predicted molar refractivity (Wildman–Crippen MR) is 137 cm³/mol. The maximum atomic E-state index is 12.9. The smallest absolute Gasteiger partial charge is 0.407 e. The lowest BCUT2D eigenvalue weighted by molar-refractivity contribution is -0.156. The Labute approximate surface area is 222 Å². The minimum Gasteiger partial charge on any atom is -0.480 e. The molecule has 12 nitrogen and oxygen atoms in total. The van der Waals surface area contributed by atoms with E-state index in [1.807, 2.05) is 18.2 Å². The summed E-state index contributed by atoms with van der Waals surface area (Å²) in [5, 5.41) is 14.4. The molecule has 0 radical (unpaired) electrons. The Morgan fingerprint density at radius 3 is 2.45 bits per heavy atom. The summed E-state index contributed by atoms with van der Waals surface area (Å²) in [7, 11) is 0. The predicted octanol–water partition coefficient (Wildman–Crippen LogP) is 1.31. The standard InChI is InChI=1S/C26H38N4O8/c1-26(2,3)38-24(35)18(27)11-7-12-19(23(33)34)29-22(32)20-13-8-14-30(20)21(31)15-28-25(36)37-16-17-9-5-4-6-10-17/h4-6,9-10,18-20H,7-8,11-16,27H2,1-3H3,(H,28,36)(H,29,32)(H,33,34)/t18?,19-,20-/m0/s1. The van der Waals surface area contributed by atoms with Gasteiger partial charge in [0.25, 0.3) is 0 Å². The molecule has 0 saturated carbocycles. The van der Waals surface area contributed by atoms with Crippen LogP contribution in [-0.4, -0.2) is 76.7 Å². The van der Waals surface area contributed by atoms with Gasteiger partial charge in [0, 0.05) is 6.54 Å². The lowest BCUT2D eigenvalue weighted by Crippen LogP contribution is -2.52. The van der Waals surface area contributed by atoms with Crippen molar-refractivity contribution < 1.29 is 38.6 Å². The van der Waals surface area contributed by atoms with E-state index in [4.69, 9.17) is 15.2 Å². The minimum atomic E-state index is -1.23. The first-order chi connectivity index (χ1) is 17.9. The monoisotopic (exact) mass is 534 g/mol. The van der Waals surface area contributed by atoms with Crippen molar-refractivity contribution in [2.24, 2.45) is 5.73 Å². The number of nitrogens with two attached hydrogens (primary N) is 1. The van der Waals surface area contributed by atoms with E-state index in [0.717, 1.165) is 5.56 Å². The highest BCUT2D eigenvalue weighted by Gasteiger charge is 2.36. The molecule has 3 amide bonds. The average molecular weight is 535 g/mol. The third kappa shape index (κ3) is 10.4. The summed E-state index contributed by atoms with van der Waals surface area (Å²) in [4.78, 5) is 62.5. The third-order valence-corrected chi connectivity index (χ3v) is 5.80. The number of esters is 1. The molecule has 1 aliphatic heterocycles. The van der Waals surface area contributed by atoms with Crippen LogP contribution in [0.25, 0.3) is 0 Å². The fourth-order valence-corrected chi connectivity index (χ4v) is 3.92. The summed E-state index contributed by atoms with van der Waals surface area (Å²) in [6.45, 7) is 5.16. The molecule has 210 valence electrons. The van der Waals surface area contributed by atoms with Gasteiger partial charge in [0.2, 0.25) is 11.8 Å². The Balaban J connectivity index is 1.81. The maximum absolute atomic E-state index is 12.9. The molecule has 1 aromatic rings. The van der Waals surface area contributed by atoms with E-state index in [9.17, 15) is 29.1 Å². The number of alkyl carbamates (subject to hydrolysis) is 1. The second-order valence-corrected chi connectivity index (χ2v) is 10.1. The van der Waals surface area contributed by atoms with Gasteiger partial charge >= 0.3 is 18.0 Å². The molecule has 1 saturated heterocycles. The van der Waals surface area contributed by atoms with Gasteiger partial charge in [0.05, 0.1) is 0 Å². The third-order valence-electron chi connectivity index (χ3n) is 5.80. The Hall–Kier alpha value is -3.67. The maximum Gasteiger partial charge on any atom is 0.407 e. The molecule has 1 unspecified atom stereocenters. The Kier molecular flexibility index (Phi) is 11.5. The van der Waals surface area contributed by atoms with Crippen molar-refractivity contribution in [3.05, 3.63) is 35.9 Å². The quantitative estimate of drug-likeness (QED) is 0.288. The van der Waals surface area contributed by atoms with Gasteiger partial charge in [0.1, 0.15) is 36.9 Å². The zero-order valence-electron chi connectivity index (χ0n) is 22.1. The van der Waals surface area contributed by atoms with E-state index in [-0.39, 0.29) is 32.4 Å². The lowest BCUT2D eigenvalue weighted by atomic mass is 10.0. The second-order valence-electron chi connectivity index (χ2n) is 10.1. The molecule has 5 N–H and O–H groups in total. The van der Waals surface area contributed by atoms with Crippen LogP contribution in [0.5, 0.6) is 0 Å². The molecule has 1 aromatic carbocycles. The van der Waals surface area contributed by atoms with Crippen LogP contribution in [0.2, 0.25) is 0 Å². The number of amides is 3. The number of aliphatic carboxylic acids is 1. The fourth-order valence-electron chi connectivity index (χ4n) is 3.92. The van der Waals surface area contributed by atoms with Crippen molar-refractivity contribution in [2.45, 2.75) is 83.2 Å². The molecular formula is C26H38N4O8. The summed E-state index contributed by atoms with van der Waals surface area (Å²) in [6, 6.07) is 6.09. The number of hydrogen-bond acceptors (Lipinski definition) is 8. The van der Waals surface area contributed by atoms with Crippen LogP contribution in [0, 0.1) is 0 Å². The molecule has 0 aliphatic carbocycles. The number of carboxylic acid groups (broad SMARTS) is 1. The van der Waals surface area contributed by atoms with Crippen LogP contribution in [0.4, 0.5) is 4.79 Å². The van der Waals surface area contributed by atoms with Gasteiger partial charge in [-0.3, -0.25) is 14.4 Å². The van der Waals surface area contributed by atoms with Crippen LogP contribution >= 0.6 is 0 Å². The molecule has 2 rings (SSSR count). The number of likely N-dealkylation sites (tertiary alicyclic amines) is 1. The van der Waals surface area contributed by atoms with Gasteiger partial charge in [-0.05, 0) is 58.4 Å². The molecule has 3 atom stereocenters. The number of nitrogens with zero attached hydrogens (tertiary/aromatic N) is 1. The lowest BCUT2D eigenvalue weighted by Gasteiger charge is -2.26. The second kappa shape index (κ2) is 14.3. The molecule has 12 heteroatoms. The van der Waals surface area contributed by atoms with Crippen molar-refractivity contribution in [1.29, 1.82) is 0 Å². The highest BCUT2D eigenvalue weighted by atomic mass is 16.6. The van der Waals surface area contributed by atoms with E-state index in [2.05, 4.69) is 10.6 Å². The summed E-state index contributed by atoms with van der Waals surface area (Å²) in [5.74, 6) is -2.88. The van der Waals surface area contributed by atoms with Gasteiger partial charge in [0.15, 0.2) is 0 Å². The largest absolute Gasteiger partial charge is 0.480 e. The van der Waals surface area contributed by atoms with Crippen LogP contribution in [0.15, 0.2) is 30.3 Å². The summed E-state index contributed by atoms with van der Waals surface area (Å²) in [5.41, 5.74) is 5.96. The number of carboxylic acids is 1.